The van der Waals surface area contributed by atoms with Crippen molar-refractivity contribution in [2.45, 2.75) is 6.54 Å². The van der Waals surface area contributed by atoms with Crippen molar-refractivity contribution in [1.29, 1.82) is 0 Å². The number of aromatic nitrogens is 1. The maximum absolute atomic E-state index is 12.9. The van der Waals surface area contributed by atoms with Crippen molar-refractivity contribution in [3.8, 4) is 11.3 Å². The summed E-state index contributed by atoms with van der Waals surface area (Å²) < 4.78 is 0. The molecule has 0 radical (unpaired) electrons. The van der Waals surface area contributed by atoms with Crippen LogP contribution in [0.1, 0.15) is 5.56 Å². The molecule has 0 aliphatic rings. The Morgan fingerprint density at radius 2 is 1.52 bits per heavy atom. The van der Waals surface area contributed by atoms with E-state index in [4.69, 9.17) is 0 Å². The maximum atomic E-state index is 12.9. The Morgan fingerprint density at radius 1 is 0.818 bits per heavy atom. The highest BCUT2D eigenvalue weighted by Crippen LogP contribution is 2.28. The van der Waals surface area contributed by atoms with Crippen LogP contribution in [0.4, 0.5) is 10.8 Å². The molecule has 5 aromatic rings. The number of fused-ring (bicyclic) bond motifs is 1. The van der Waals surface area contributed by atoms with Crippen LogP contribution in [-0.2, 0) is 11.3 Å². The van der Waals surface area contributed by atoms with Crippen molar-refractivity contribution in [2.75, 3.05) is 16.8 Å². The number of para-hydroxylation sites is 1. The summed E-state index contributed by atoms with van der Waals surface area (Å²) in [6.45, 7) is 0.891. The van der Waals surface area contributed by atoms with Crippen LogP contribution in [0.3, 0.4) is 0 Å². The number of amides is 1. The lowest BCUT2D eigenvalue weighted by Crippen LogP contribution is -2.32. The second kappa shape index (κ2) is 9.67. The molecule has 0 saturated carbocycles. The van der Waals surface area contributed by atoms with Gasteiger partial charge in [0.1, 0.15) is 0 Å². The lowest BCUT2D eigenvalue weighted by atomic mass is 10.1. The quantitative estimate of drug-likeness (QED) is 0.304. The Morgan fingerprint density at radius 3 is 2.30 bits per heavy atom. The van der Waals surface area contributed by atoms with Gasteiger partial charge in [-0.25, -0.2) is 4.98 Å². The fourth-order valence-corrected chi connectivity index (χ4v) is 4.56. The molecule has 5 heteroatoms. The van der Waals surface area contributed by atoms with Gasteiger partial charge in [-0.15, -0.1) is 11.3 Å². The van der Waals surface area contributed by atoms with Gasteiger partial charge in [-0.2, -0.15) is 0 Å². The van der Waals surface area contributed by atoms with Gasteiger partial charge in [0.15, 0.2) is 5.13 Å². The molecular weight excluding hydrogens is 426 g/mol. The van der Waals surface area contributed by atoms with Crippen LogP contribution >= 0.6 is 11.3 Å². The second-order valence-electron chi connectivity index (χ2n) is 7.83. The van der Waals surface area contributed by atoms with Crippen molar-refractivity contribution >= 4 is 38.8 Å². The number of carbonyl (C=O) groups excluding carboxylic acids is 1. The molecule has 4 aromatic carbocycles. The number of carbonyl (C=O) groups is 1. The van der Waals surface area contributed by atoms with Crippen molar-refractivity contribution < 1.29 is 4.79 Å². The summed E-state index contributed by atoms with van der Waals surface area (Å²) in [6, 6.07) is 34.8. The van der Waals surface area contributed by atoms with E-state index in [1.54, 1.807) is 0 Å². The Kier molecular flexibility index (Phi) is 6.13. The van der Waals surface area contributed by atoms with Crippen LogP contribution in [0.5, 0.6) is 0 Å². The van der Waals surface area contributed by atoms with E-state index in [2.05, 4.69) is 57.7 Å². The molecule has 0 spiro atoms. The molecule has 0 bridgehead atoms. The lowest BCUT2D eigenvalue weighted by molar-refractivity contribution is -0.115. The molecule has 162 valence electrons. The van der Waals surface area contributed by atoms with Gasteiger partial charge < -0.3 is 10.2 Å². The highest BCUT2D eigenvalue weighted by atomic mass is 32.1. The summed E-state index contributed by atoms with van der Waals surface area (Å²) in [5.74, 6) is -0.0887. The van der Waals surface area contributed by atoms with Crippen molar-refractivity contribution in [1.82, 2.24) is 4.98 Å². The molecule has 0 atom stereocenters. The molecule has 33 heavy (non-hydrogen) atoms. The van der Waals surface area contributed by atoms with E-state index in [9.17, 15) is 4.79 Å². The SMILES string of the molecule is O=C(CN(Cc1ccccc1)c1ccccc1)Nc1nc(-c2ccc3ccccc3c2)cs1. The number of thiazole rings is 1. The molecule has 5 rings (SSSR count). The number of anilines is 2. The highest BCUT2D eigenvalue weighted by Gasteiger charge is 2.14. The molecule has 1 N–H and O–H groups in total. The Labute approximate surface area is 197 Å². The van der Waals surface area contributed by atoms with E-state index < -0.39 is 0 Å². The van der Waals surface area contributed by atoms with Crippen molar-refractivity contribution in [2.24, 2.45) is 0 Å². The largest absolute Gasteiger partial charge is 0.358 e. The number of hydrogen-bond donors (Lipinski definition) is 1. The third-order valence-electron chi connectivity index (χ3n) is 5.47. The first-order chi connectivity index (χ1) is 16.2. The van der Waals surface area contributed by atoms with Crippen LogP contribution < -0.4 is 10.2 Å². The first-order valence-electron chi connectivity index (χ1n) is 10.8. The van der Waals surface area contributed by atoms with Crippen molar-refractivity contribution in [3.63, 3.8) is 0 Å². The number of hydrogen-bond acceptors (Lipinski definition) is 4. The third-order valence-corrected chi connectivity index (χ3v) is 6.23. The van der Waals surface area contributed by atoms with Gasteiger partial charge in [0, 0.05) is 23.2 Å². The molecule has 1 aromatic heterocycles. The minimum absolute atomic E-state index is 0.0887. The summed E-state index contributed by atoms with van der Waals surface area (Å²) in [4.78, 5) is 19.7. The second-order valence-corrected chi connectivity index (χ2v) is 8.68. The fraction of sp³-hybridized carbons (Fsp3) is 0.0714. The summed E-state index contributed by atoms with van der Waals surface area (Å²) in [5, 5.41) is 7.95. The smallest absolute Gasteiger partial charge is 0.245 e. The summed E-state index contributed by atoms with van der Waals surface area (Å²) in [5.41, 5.74) is 4.07. The van der Waals surface area contributed by atoms with E-state index in [1.165, 1.54) is 22.1 Å². The average Bonchev–Trinajstić information content (AvgIpc) is 3.33. The Balaban J connectivity index is 1.30. The number of rotatable bonds is 7. The van der Waals surface area contributed by atoms with Crippen molar-refractivity contribution in [3.05, 3.63) is 114 Å². The topological polar surface area (TPSA) is 45.2 Å². The molecule has 1 amide bonds. The summed E-state index contributed by atoms with van der Waals surface area (Å²) >= 11 is 1.44. The van der Waals surface area contributed by atoms with Crippen LogP contribution in [0.15, 0.2) is 109 Å². The normalized spacial score (nSPS) is 10.8. The predicted octanol–water partition coefficient (Wildman–Crippen LogP) is 6.61. The fourth-order valence-electron chi connectivity index (χ4n) is 3.83. The van der Waals surface area contributed by atoms with Gasteiger partial charge in [-0.3, -0.25) is 4.79 Å². The van der Waals surface area contributed by atoms with Gasteiger partial charge >= 0.3 is 0 Å². The molecular formula is C28H23N3OS. The monoisotopic (exact) mass is 449 g/mol. The zero-order chi connectivity index (χ0) is 22.5. The molecule has 0 aliphatic heterocycles. The molecule has 1 heterocycles. The van der Waals surface area contributed by atoms with Gasteiger partial charge in [0.25, 0.3) is 0 Å². The highest BCUT2D eigenvalue weighted by molar-refractivity contribution is 7.14. The van der Waals surface area contributed by atoms with Gasteiger partial charge in [-0.1, -0.05) is 84.9 Å². The molecule has 0 saturated heterocycles. The number of benzene rings is 4. The maximum Gasteiger partial charge on any atom is 0.245 e. The average molecular weight is 450 g/mol. The van der Waals surface area contributed by atoms with E-state index in [0.717, 1.165) is 22.5 Å². The lowest BCUT2D eigenvalue weighted by Gasteiger charge is -2.24. The predicted molar refractivity (Wildman–Crippen MR) is 138 cm³/mol. The van der Waals surface area contributed by atoms with Gasteiger partial charge in [0.05, 0.1) is 12.2 Å². The van der Waals surface area contributed by atoms with Gasteiger partial charge in [-0.05, 0) is 34.5 Å². The van der Waals surface area contributed by atoms with Crippen LogP contribution in [0, 0.1) is 0 Å². The first kappa shape index (κ1) is 20.9. The van der Waals surface area contributed by atoms with E-state index in [-0.39, 0.29) is 12.5 Å². The third kappa shape index (κ3) is 5.10. The first-order valence-corrected chi connectivity index (χ1v) is 11.7. The van der Waals surface area contributed by atoms with Crippen LogP contribution in [-0.4, -0.2) is 17.4 Å². The van der Waals surface area contributed by atoms with Crippen LogP contribution in [0.25, 0.3) is 22.0 Å². The Bertz CT molecular complexity index is 1370. The minimum atomic E-state index is -0.0887. The standard InChI is InChI=1S/C28H23N3OS/c32-27(19-31(25-13-5-2-6-14-25)18-21-9-3-1-4-10-21)30-28-29-26(20-33-28)24-16-15-22-11-7-8-12-23(22)17-24/h1-17,20H,18-19H2,(H,29,30,32). The zero-order valence-electron chi connectivity index (χ0n) is 18.0. The number of nitrogens with one attached hydrogen (secondary N) is 1. The minimum Gasteiger partial charge on any atom is -0.358 e. The van der Waals surface area contributed by atoms with E-state index in [0.29, 0.717) is 11.7 Å². The molecule has 0 unspecified atom stereocenters. The molecule has 0 aliphatic carbocycles. The van der Waals surface area contributed by atoms with E-state index >= 15 is 0 Å². The zero-order valence-corrected chi connectivity index (χ0v) is 18.8. The summed E-state index contributed by atoms with van der Waals surface area (Å²) in [6.07, 6.45) is 0. The molecule has 4 nitrogen and oxygen atoms in total. The Hall–Kier alpha value is -3.96. The molecule has 0 fully saturated rings. The van der Waals surface area contributed by atoms with E-state index in [1.807, 2.05) is 66.0 Å². The van der Waals surface area contributed by atoms with Gasteiger partial charge in [0.2, 0.25) is 5.91 Å². The van der Waals surface area contributed by atoms with Crippen LogP contribution in [0.2, 0.25) is 0 Å². The number of nitrogens with zero attached hydrogens (tertiary/aromatic N) is 2. The summed E-state index contributed by atoms with van der Waals surface area (Å²) in [7, 11) is 0.